The van der Waals surface area contributed by atoms with Crippen LogP contribution in [-0.4, -0.2) is 17.1 Å². The molecular formula is C20H24N2OS. The van der Waals surface area contributed by atoms with E-state index in [1.807, 2.05) is 30.3 Å². The SMILES string of the molecule is O=C(C=Cc1ccccc1)NC(=S)NC1C2CC3CC(C2)CC1C3. The Morgan fingerprint density at radius 1 is 1.00 bits per heavy atom. The predicted molar refractivity (Wildman–Crippen MR) is 100 cm³/mol. The summed E-state index contributed by atoms with van der Waals surface area (Å²) in [6.45, 7) is 0. The zero-order valence-electron chi connectivity index (χ0n) is 13.8. The minimum Gasteiger partial charge on any atom is -0.359 e. The minimum atomic E-state index is -0.167. The highest BCUT2D eigenvalue weighted by atomic mass is 32.1. The Labute approximate surface area is 148 Å². The first-order valence-electron chi connectivity index (χ1n) is 9.02. The van der Waals surface area contributed by atoms with Crippen molar-refractivity contribution in [2.45, 2.75) is 38.1 Å². The molecule has 4 heteroatoms. The van der Waals surface area contributed by atoms with Crippen LogP contribution in [0.5, 0.6) is 0 Å². The van der Waals surface area contributed by atoms with Crippen molar-refractivity contribution in [1.29, 1.82) is 0 Å². The zero-order valence-corrected chi connectivity index (χ0v) is 14.6. The fourth-order valence-corrected chi connectivity index (χ4v) is 5.47. The molecule has 4 bridgehead atoms. The van der Waals surface area contributed by atoms with Crippen LogP contribution >= 0.6 is 12.2 Å². The topological polar surface area (TPSA) is 41.1 Å². The van der Waals surface area contributed by atoms with Gasteiger partial charge in [-0.3, -0.25) is 10.1 Å². The third-order valence-electron chi connectivity index (χ3n) is 5.99. The average Bonchev–Trinajstić information content (AvgIpc) is 2.56. The first-order chi connectivity index (χ1) is 11.7. The lowest BCUT2D eigenvalue weighted by Crippen LogP contribution is -2.57. The molecule has 0 unspecified atom stereocenters. The van der Waals surface area contributed by atoms with Crippen molar-refractivity contribution in [3.8, 4) is 0 Å². The number of rotatable bonds is 3. The molecule has 0 atom stereocenters. The van der Waals surface area contributed by atoms with Crippen LogP contribution in [0.15, 0.2) is 36.4 Å². The molecule has 1 amide bonds. The molecule has 4 saturated carbocycles. The molecule has 2 N–H and O–H groups in total. The highest BCUT2D eigenvalue weighted by molar-refractivity contribution is 7.80. The largest absolute Gasteiger partial charge is 0.359 e. The Morgan fingerprint density at radius 3 is 2.25 bits per heavy atom. The standard InChI is InChI=1S/C20H24N2OS/c23-18(7-6-13-4-2-1-3-5-13)21-20(24)22-19-16-9-14-8-15(11-16)12-17(19)10-14/h1-7,14-17,19H,8-12H2,(H2,21,22,23,24). The number of hydrogen-bond donors (Lipinski definition) is 2. The second-order valence-corrected chi connectivity index (χ2v) is 8.07. The lowest BCUT2D eigenvalue weighted by Gasteiger charge is -2.54. The molecule has 0 radical (unpaired) electrons. The summed E-state index contributed by atoms with van der Waals surface area (Å²) in [4.78, 5) is 12.0. The lowest BCUT2D eigenvalue weighted by molar-refractivity contribution is -0.115. The highest BCUT2D eigenvalue weighted by Crippen LogP contribution is 2.53. The summed E-state index contributed by atoms with van der Waals surface area (Å²) in [5, 5.41) is 6.74. The van der Waals surface area contributed by atoms with Gasteiger partial charge in [0.05, 0.1) is 0 Å². The third-order valence-corrected chi connectivity index (χ3v) is 6.21. The highest BCUT2D eigenvalue weighted by Gasteiger charge is 2.48. The van der Waals surface area contributed by atoms with E-state index in [0.29, 0.717) is 11.2 Å². The molecule has 126 valence electrons. The van der Waals surface area contributed by atoms with Gasteiger partial charge >= 0.3 is 0 Å². The van der Waals surface area contributed by atoms with E-state index in [4.69, 9.17) is 12.2 Å². The summed E-state index contributed by atoms with van der Waals surface area (Å²) in [6.07, 6.45) is 10.2. The molecule has 0 aliphatic heterocycles. The number of benzene rings is 1. The summed E-state index contributed by atoms with van der Waals surface area (Å²) >= 11 is 5.38. The maximum atomic E-state index is 12.0. The van der Waals surface area contributed by atoms with E-state index in [0.717, 1.165) is 29.2 Å². The fraction of sp³-hybridized carbons (Fsp3) is 0.500. The van der Waals surface area contributed by atoms with Crippen molar-refractivity contribution in [3.63, 3.8) is 0 Å². The smallest absolute Gasteiger partial charge is 0.250 e. The van der Waals surface area contributed by atoms with Crippen LogP contribution in [-0.2, 0) is 4.79 Å². The monoisotopic (exact) mass is 340 g/mol. The number of nitrogens with one attached hydrogen (secondary N) is 2. The molecule has 0 aromatic heterocycles. The second-order valence-electron chi connectivity index (χ2n) is 7.66. The van der Waals surface area contributed by atoms with Crippen LogP contribution in [0.25, 0.3) is 6.08 Å². The van der Waals surface area contributed by atoms with Crippen molar-refractivity contribution >= 4 is 29.3 Å². The molecule has 0 heterocycles. The van der Waals surface area contributed by atoms with E-state index in [-0.39, 0.29) is 5.91 Å². The Balaban J connectivity index is 1.30. The summed E-state index contributed by atoms with van der Waals surface area (Å²) in [5.41, 5.74) is 1.01. The zero-order chi connectivity index (χ0) is 16.5. The molecule has 24 heavy (non-hydrogen) atoms. The Hall–Kier alpha value is -1.68. The minimum absolute atomic E-state index is 0.167. The maximum absolute atomic E-state index is 12.0. The van der Waals surface area contributed by atoms with Crippen molar-refractivity contribution in [1.82, 2.24) is 10.6 Å². The average molecular weight is 340 g/mol. The third kappa shape index (κ3) is 3.39. The summed E-state index contributed by atoms with van der Waals surface area (Å²) in [6, 6.07) is 10.3. The Bertz CT molecular complexity index is 627. The van der Waals surface area contributed by atoms with Crippen molar-refractivity contribution in [3.05, 3.63) is 42.0 Å². The maximum Gasteiger partial charge on any atom is 0.250 e. The van der Waals surface area contributed by atoms with Crippen molar-refractivity contribution in [2.24, 2.45) is 23.7 Å². The molecule has 0 spiro atoms. The molecule has 3 nitrogen and oxygen atoms in total. The predicted octanol–water partition coefficient (Wildman–Crippen LogP) is 3.52. The Kier molecular flexibility index (Phi) is 4.40. The van der Waals surface area contributed by atoms with E-state index < -0.39 is 0 Å². The van der Waals surface area contributed by atoms with E-state index in [1.165, 1.54) is 32.1 Å². The molecule has 1 aromatic rings. The van der Waals surface area contributed by atoms with Gasteiger partial charge in [0.25, 0.3) is 0 Å². The van der Waals surface area contributed by atoms with Crippen LogP contribution in [0, 0.1) is 23.7 Å². The van der Waals surface area contributed by atoms with Crippen LogP contribution in [0.1, 0.15) is 37.7 Å². The molecule has 5 rings (SSSR count). The van der Waals surface area contributed by atoms with Gasteiger partial charge in [-0.1, -0.05) is 30.3 Å². The van der Waals surface area contributed by atoms with Gasteiger partial charge in [-0.25, -0.2) is 0 Å². The molecule has 4 fully saturated rings. The van der Waals surface area contributed by atoms with Crippen LogP contribution < -0.4 is 10.6 Å². The van der Waals surface area contributed by atoms with Gasteiger partial charge in [-0.2, -0.15) is 0 Å². The number of carbonyl (C=O) groups excluding carboxylic acids is 1. The van der Waals surface area contributed by atoms with Gasteiger partial charge in [-0.05, 0) is 79.6 Å². The van der Waals surface area contributed by atoms with E-state index in [2.05, 4.69) is 10.6 Å². The van der Waals surface area contributed by atoms with Gasteiger partial charge in [0, 0.05) is 12.1 Å². The summed E-state index contributed by atoms with van der Waals surface area (Å²) in [7, 11) is 0. The van der Waals surface area contributed by atoms with E-state index in [1.54, 1.807) is 12.2 Å². The van der Waals surface area contributed by atoms with Crippen molar-refractivity contribution in [2.75, 3.05) is 0 Å². The van der Waals surface area contributed by atoms with E-state index >= 15 is 0 Å². The van der Waals surface area contributed by atoms with Gasteiger partial charge in [0.15, 0.2) is 5.11 Å². The van der Waals surface area contributed by atoms with E-state index in [9.17, 15) is 4.79 Å². The first-order valence-corrected chi connectivity index (χ1v) is 9.43. The van der Waals surface area contributed by atoms with Crippen LogP contribution in [0.3, 0.4) is 0 Å². The van der Waals surface area contributed by atoms with Crippen LogP contribution in [0.4, 0.5) is 0 Å². The van der Waals surface area contributed by atoms with Crippen molar-refractivity contribution < 1.29 is 4.79 Å². The summed E-state index contributed by atoms with van der Waals surface area (Å²) in [5.74, 6) is 3.22. The number of carbonyl (C=O) groups is 1. The van der Waals surface area contributed by atoms with Gasteiger partial charge in [0.1, 0.15) is 0 Å². The molecule has 4 aliphatic carbocycles. The first kappa shape index (κ1) is 15.8. The van der Waals surface area contributed by atoms with Crippen LogP contribution in [0.2, 0.25) is 0 Å². The van der Waals surface area contributed by atoms with Gasteiger partial charge in [0.2, 0.25) is 5.91 Å². The normalized spacial score (nSPS) is 33.6. The van der Waals surface area contributed by atoms with Gasteiger partial charge in [-0.15, -0.1) is 0 Å². The molecule has 4 aliphatic rings. The fourth-order valence-electron chi connectivity index (χ4n) is 5.24. The molecular weight excluding hydrogens is 316 g/mol. The second kappa shape index (κ2) is 6.67. The molecule has 1 aromatic carbocycles. The van der Waals surface area contributed by atoms with Gasteiger partial charge < -0.3 is 5.32 Å². The Morgan fingerprint density at radius 2 is 1.62 bits per heavy atom. The lowest BCUT2D eigenvalue weighted by atomic mass is 9.54. The quantitative estimate of drug-likeness (QED) is 0.653. The number of amides is 1. The number of hydrogen-bond acceptors (Lipinski definition) is 2. The number of thiocarbonyl (C=S) groups is 1. The summed E-state index contributed by atoms with van der Waals surface area (Å²) < 4.78 is 0. The molecule has 0 saturated heterocycles.